The van der Waals surface area contributed by atoms with Crippen molar-refractivity contribution in [1.29, 1.82) is 0 Å². The van der Waals surface area contributed by atoms with Gasteiger partial charge in [0.25, 0.3) is 0 Å². The van der Waals surface area contributed by atoms with Gasteiger partial charge in [-0.15, -0.1) is 0 Å². The summed E-state index contributed by atoms with van der Waals surface area (Å²) in [5.41, 5.74) is 0. The molecule has 0 unspecified atom stereocenters. The van der Waals surface area contributed by atoms with Crippen molar-refractivity contribution in [3.05, 3.63) is 0 Å². The van der Waals surface area contributed by atoms with Crippen molar-refractivity contribution in [2.75, 3.05) is 0 Å². The van der Waals surface area contributed by atoms with Gasteiger partial charge in [0.2, 0.25) is 0 Å². The maximum absolute atomic E-state index is 2.32. The molecule has 0 N–H and O–H groups in total. The number of rotatable bonds is 45. The zero-order valence-electron chi connectivity index (χ0n) is 35.4. The van der Waals surface area contributed by atoms with E-state index in [2.05, 4.69) is 20.8 Å². The van der Waals surface area contributed by atoms with Gasteiger partial charge >= 0.3 is 0 Å². The van der Waals surface area contributed by atoms with Gasteiger partial charge in [0.1, 0.15) is 6.71 Å². The molecule has 0 heterocycles. The van der Waals surface area contributed by atoms with E-state index >= 15 is 0 Å². The van der Waals surface area contributed by atoms with Crippen LogP contribution < -0.4 is 0 Å². The van der Waals surface area contributed by atoms with Gasteiger partial charge < -0.3 is 0 Å². The molecule has 0 radical (unpaired) electrons. The smallest absolute Gasteiger partial charge is 0.0741 e. The van der Waals surface area contributed by atoms with E-state index in [4.69, 9.17) is 0 Å². The molecule has 294 valence electrons. The molecule has 0 fully saturated rings. The molecular formula is C48H99B. The van der Waals surface area contributed by atoms with Gasteiger partial charge in [0.05, 0.1) is 0 Å². The fourth-order valence-corrected chi connectivity index (χ4v) is 8.32. The van der Waals surface area contributed by atoms with Gasteiger partial charge in [0.15, 0.2) is 0 Å². The molecule has 0 bridgehead atoms. The van der Waals surface area contributed by atoms with Crippen LogP contribution in [0, 0.1) is 0 Å². The monoisotopic (exact) mass is 687 g/mol. The van der Waals surface area contributed by atoms with E-state index in [0.717, 1.165) is 6.71 Å². The molecule has 0 saturated heterocycles. The molecule has 0 aliphatic rings. The lowest BCUT2D eigenvalue weighted by atomic mass is 9.41. The minimum absolute atomic E-state index is 1.03. The van der Waals surface area contributed by atoms with Crippen LogP contribution in [-0.2, 0) is 0 Å². The van der Waals surface area contributed by atoms with Crippen molar-refractivity contribution < 1.29 is 0 Å². The predicted molar refractivity (Wildman–Crippen MR) is 231 cm³/mol. The molecule has 0 amide bonds. The van der Waals surface area contributed by atoms with Crippen LogP contribution in [-0.4, -0.2) is 6.71 Å². The molecule has 0 aromatic carbocycles. The quantitative estimate of drug-likeness (QED) is 0.0442. The van der Waals surface area contributed by atoms with Crippen molar-refractivity contribution in [3.63, 3.8) is 0 Å². The SMILES string of the molecule is CCCCCCCCCCCCCCCCB(CCCCCCCCCCCCCCCC)CCCCCCCCCCCCCCCC. The fraction of sp³-hybridized carbons (Fsp3) is 1.00. The highest BCUT2D eigenvalue weighted by molar-refractivity contribution is 6.58. The maximum atomic E-state index is 2.32. The predicted octanol–water partition coefficient (Wildman–Crippen LogP) is 18.9. The fourth-order valence-electron chi connectivity index (χ4n) is 8.32. The van der Waals surface area contributed by atoms with Crippen LogP contribution >= 0.6 is 0 Å². The first-order chi connectivity index (χ1) is 24.3. The van der Waals surface area contributed by atoms with Crippen molar-refractivity contribution >= 4 is 6.71 Å². The van der Waals surface area contributed by atoms with Crippen molar-refractivity contribution in [3.8, 4) is 0 Å². The Kier molecular flexibility index (Phi) is 46.1. The molecule has 1 heteroatoms. The standard InChI is InChI=1S/C48H99B/c1-4-7-10-13-16-19-22-25-28-31-34-37-40-43-46-49(47-44-41-38-35-32-29-26-23-20-17-14-11-8-5-2)48-45-42-39-36-33-30-27-24-21-18-15-12-9-6-3/h4-48H2,1-3H3. The highest BCUT2D eigenvalue weighted by Gasteiger charge is 2.13. The van der Waals surface area contributed by atoms with E-state index in [-0.39, 0.29) is 0 Å². The molecule has 0 aromatic heterocycles. The van der Waals surface area contributed by atoms with Gasteiger partial charge in [-0.05, 0) is 0 Å². The van der Waals surface area contributed by atoms with Gasteiger partial charge in [0, 0.05) is 0 Å². The van der Waals surface area contributed by atoms with E-state index in [1.54, 1.807) is 0 Å². The van der Waals surface area contributed by atoms with E-state index in [1.807, 2.05) is 0 Å². The third-order valence-electron chi connectivity index (χ3n) is 11.9. The lowest BCUT2D eigenvalue weighted by Gasteiger charge is -2.14. The Morgan fingerprint density at radius 2 is 0.286 bits per heavy atom. The Morgan fingerprint density at radius 1 is 0.163 bits per heavy atom. The second-order valence-corrected chi connectivity index (χ2v) is 17.0. The average Bonchev–Trinajstić information content (AvgIpc) is 3.11. The van der Waals surface area contributed by atoms with Crippen molar-refractivity contribution in [2.24, 2.45) is 0 Å². The lowest BCUT2D eigenvalue weighted by Crippen LogP contribution is -2.12. The van der Waals surface area contributed by atoms with Crippen LogP contribution in [0.25, 0.3) is 0 Å². The topological polar surface area (TPSA) is 0 Å². The molecule has 0 aromatic rings. The molecule has 0 nitrogen and oxygen atoms in total. The average molecular weight is 687 g/mol. The number of unbranched alkanes of at least 4 members (excludes halogenated alkanes) is 39. The third-order valence-corrected chi connectivity index (χ3v) is 11.9. The molecule has 0 atom stereocenters. The Morgan fingerprint density at radius 3 is 0.429 bits per heavy atom. The second-order valence-electron chi connectivity index (χ2n) is 17.0. The zero-order valence-corrected chi connectivity index (χ0v) is 35.4. The van der Waals surface area contributed by atoms with E-state index in [0.29, 0.717) is 0 Å². The van der Waals surface area contributed by atoms with Crippen LogP contribution in [0.4, 0.5) is 0 Å². The first-order valence-corrected chi connectivity index (χ1v) is 24.3. The van der Waals surface area contributed by atoms with Crippen molar-refractivity contribution in [2.45, 2.75) is 309 Å². The summed E-state index contributed by atoms with van der Waals surface area (Å²) in [6, 6.07) is 0. The van der Waals surface area contributed by atoms with Crippen molar-refractivity contribution in [1.82, 2.24) is 0 Å². The van der Waals surface area contributed by atoms with Gasteiger partial charge in [-0.2, -0.15) is 0 Å². The van der Waals surface area contributed by atoms with Crippen LogP contribution in [0.1, 0.15) is 290 Å². The second kappa shape index (κ2) is 46.1. The summed E-state index contributed by atoms with van der Waals surface area (Å²) in [5.74, 6) is 0. The Hall–Kier alpha value is 0.0649. The third kappa shape index (κ3) is 44.1. The van der Waals surface area contributed by atoms with Crippen LogP contribution in [0.3, 0.4) is 0 Å². The van der Waals surface area contributed by atoms with E-state index < -0.39 is 0 Å². The largest absolute Gasteiger partial charge is 0.139 e. The molecule has 0 rings (SSSR count). The van der Waals surface area contributed by atoms with Crippen LogP contribution in [0.2, 0.25) is 19.0 Å². The normalized spacial score (nSPS) is 11.6. The lowest BCUT2D eigenvalue weighted by molar-refractivity contribution is 0.536. The minimum atomic E-state index is 1.03. The van der Waals surface area contributed by atoms with Gasteiger partial charge in [-0.25, -0.2) is 0 Å². The molecule has 49 heavy (non-hydrogen) atoms. The Labute approximate surface area is 315 Å². The first kappa shape index (κ1) is 49.1. The highest BCUT2D eigenvalue weighted by Crippen LogP contribution is 2.22. The summed E-state index contributed by atoms with van der Waals surface area (Å²) in [4.78, 5) is 0. The highest BCUT2D eigenvalue weighted by atomic mass is 14.0. The molecular weight excluding hydrogens is 587 g/mol. The first-order valence-electron chi connectivity index (χ1n) is 24.3. The van der Waals surface area contributed by atoms with E-state index in [9.17, 15) is 0 Å². The molecule has 0 saturated carbocycles. The summed E-state index contributed by atoms with van der Waals surface area (Å²) in [6.07, 6.45) is 66.8. The zero-order chi connectivity index (χ0) is 35.4. The molecule has 0 spiro atoms. The summed E-state index contributed by atoms with van der Waals surface area (Å²) >= 11 is 0. The van der Waals surface area contributed by atoms with Gasteiger partial charge in [-0.1, -0.05) is 309 Å². The molecule has 0 aliphatic carbocycles. The number of hydrogen-bond donors (Lipinski definition) is 0. The summed E-state index contributed by atoms with van der Waals surface area (Å²) in [7, 11) is 0. The summed E-state index contributed by atoms with van der Waals surface area (Å²) in [5, 5.41) is 0. The Balaban J connectivity index is 3.93. The maximum Gasteiger partial charge on any atom is 0.139 e. The van der Waals surface area contributed by atoms with Gasteiger partial charge in [-0.3, -0.25) is 0 Å². The minimum Gasteiger partial charge on any atom is -0.0741 e. The van der Waals surface area contributed by atoms with E-state index in [1.165, 1.54) is 289 Å². The summed E-state index contributed by atoms with van der Waals surface area (Å²) in [6.45, 7) is 8.00. The Bertz CT molecular complexity index is 467. The van der Waals surface area contributed by atoms with Crippen LogP contribution in [0.15, 0.2) is 0 Å². The molecule has 0 aliphatic heterocycles. The van der Waals surface area contributed by atoms with Crippen LogP contribution in [0.5, 0.6) is 0 Å². The number of hydrogen-bond acceptors (Lipinski definition) is 0. The summed E-state index contributed by atoms with van der Waals surface area (Å²) < 4.78 is 0.